The van der Waals surface area contributed by atoms with E-state index in [0.29, 0.717) is 0 Å². The molecule has 0 aromatic carbocycles. The van der Waals surface area contributed by atoms with Crippen LogP contribution in [0, 0.1) is 0 Å². The monoisotopic (exact) mass is 218 g/mol. The molecule has 0 unspecified atom stereocenters. The third-order valence-electron chi connectivity index (χ3n) is 1.74. The largest absolute Gasteiger partial charge is 0.504 e. The van der Waals surface area contributed by atoms with E-state index in [2.05, 4.69) is 9.72 Å². The highest BCUT2D eigenvalue weighted by Crippen LogP contribution is 2.32. The fraction of sp³-hybridized carbons (Fsp3) is 0.250. The number of aromatic hydroxyl groups is 1. The van der Waals surface area contributed by atoms with Crippen molar-refractivity contribution in [3.63, 3.8) is 0 Å². The van der Waals surface area contributed by atoms with Gasteiger partial charge in [0.25, 0.3) is 6.43 Å². The average Bonchev–Trinajstić information content (AvgIpc) is 2.20. The summed E-state index contributed by atoms with van der Waals surface area (Å²) >= 11 is 0. The molecule has 0 saturated carbocycles. The summed E-state index contributed by atoms with van der Waals surface area (Å²) in [6, 6.07) is 0. The lowest BCUT2D eigenvalue weighted by Crippen LogP contribution is -2.08. The first-order valence-corrected chi connectivity index (χ1v) is 3.82. The van der Waals surface area contributed by atoms with E-state index in [1.807, 2.05) is 0 Å². The van der Waals surface area contributed by atoms with E-state index >= 15 is 0 Å². The van der Waals surface area contributed by atoms with Gasteiger partial charge in [-0.3, -0.25) is 0 Å². The van der Waals surface area contributed by atoms with Gasteiger partial charge in [-0.05, 0) is 0 Å². The lowest BCUT2D eigenvalue weighted by Gasteiger charge is -2.08. The molecule has 0 saturated heterocycles. The highest BCUT2D eigenvalue weighted by atomic mass is 19.3. The Labute approximate surface area is 83.5 Å². The molecule has 0 spiro atoms. The number of alkyl halides is 2. The molecule has 1 aromatic rings. The number of nitrogens with two attached hydrogens (primary N) is 1. The molecule has 0 fully saturated rings. The number of hydrogen-bond acceptors (Lipinski definition) is 5. The smallest absolute Gasteiger partial charge is 0.360 e. The molecule has 82 valence electrons. The van der Waals surface area contributed by atoms with Crippen LogP contribution in [-0.4, -0.2) is 23.2 Å². The molecule has 15 heavy (non-hydrogen) atoms. The van der Waals surface area contributed by atoms with Crippen molar-refractivity contribution < 1.29 is 23.4 Å². The van der Waals surface area contributed by atoms with Crippen molar-refractivity contribution in [2.75, 3.05) is 12.8 Å². The van der Waals surface area contributed by atoms with E-state index in [4.69, 9.17) is 5.73 Å². The van der Waals surface area contributed by atoms with Gasteiger partial charge in [-0.25, -0.2) is 18.6 Å². The minimum atomic E-state index is -2.87. The van der Waals surface area contributed by atoms with Crippen LogP contribution in [-0.2, 0) is 4.74 Å². The van der Waals surface area contributed by atoms with Crippen LogP contribution >= 0.6 is 0 Å². The highest BCUT2D eigenvalue weighted by Gasteiger charge is 2.21. The predicted molar refractivity (Wildman–Crippen MR) is 46.6 cm³/mol. The van der Waals surface area contributed by atoms with Gasteiger partial charge in [-0.2, -0.15) is 0 Å². The SMILES string of the molecule is COC(=O)c1ncc(C(F)F)c(N)c1O. The molecular formula is C8H8F2N2O3. The van der Waals surface area contributed by atoms with Gasteiger partial charge in [0, 0.05) is 6.20 Å². The minimum absolute atomic E-state index is 0.487. The van der Waals surface area contributed by atoms with Crippen molar-refractivity contribution in [3.8, 4) is 5.75 Å². The van der Waals surface area contributed by atoms with E-state index in [0.717, 1.165) is 13.3 Å². The third kappa shape index (κ3) is 1.95. The highest BCUT2D eigenvalue weighted by molar-refractivity contribution is 5.92. The number of halogens is 2. The first-order valence-electron chi connectivity index (χ1n) is 3.82. The first kappa shape index (κ1) is 11.2. The number of esters is 1. The van der Waals surface area contributed by atoms with E-state index in [1.54, 1.807) is 0 Å². The van der Waals surface area contributed by atoms with Gasteiger partial charge in [0.1, 0.15) is 0 Å². The van der Waals surface area contributed by atoms with E-state index in [9.17, 15) is 18.7 Å². The summed E-state index contributed by atoms with van der Waals surface area (Å²) in [5, 5.41) is 9.31. The zero-order valence-electron chi connectivity index (χ0n) is 7.70. The van der Waals surface area contributed by atoms with Gasteiger partial charge in [-0.15, -0.1) is 0 Å². The topological polar surface area (TPSA) is 85.4 Å². The standard InChI is InChI=1S/C8H8F2N2O3/c1-15-8(14)5-6(13)4(11)3(2-12-5)7(9)10/h2,7,13H,1H3,(H2,11,12). The van der Waals surface area contributed by atoms with Crippen LogP contribution in [0.1, 0.15) is 22.5 Å². The molecule has 0 amide bonds. The Hall–Kier alpha value is -1.92. The lowest BCUT2D eigenvalue weighted by atomic mass is 10.2. The molecular weight excluding hydrogens is 210 g/mol. The Bertz CT molecular complexity index is 396. The summed E-state index contributed by atoms with van der Waals surface area (Å²) in [6.07, 6.45) is -2.14. The van der Waals surface area contributed by atoms with Crippen molar-refractivity contribution in [2.24, 2.45) is 0 Å². The number of ether oxygens (including phenoxy) is 1. The molecule has 0 bridgehead atoms. The second-order valence-electron chi connectivity index (χ2n) is 2.62. The zero-order chi connectivity index (χ0) is 11.6. The van der Waals surface area contributed by atoms with E-state index in [1.165, 1.54) is 0 Å². The quantitative estimate of drug-likeness (QED) is 0.726. The van der Waals surface area contributed by atoms with Crippen LogP contribution in [0.3, 0.4) is 0 Å². The second-order valence-corrected chi connectivity index (χ2v) is 2.62. The zero-order valence-corrected chi connectivity index (χ0v) is 7.70. The molecule has 0 radical (unpaired) electrons. The molecule has 0 atom stereocenters. The number of carbonyl (C=O) groups is 1. The molecule has 1 aromatic heterocycles. The molecule has 0 aliphatic carbocycles. The lowest BCUT2D eigenvalue weighted by molar-refractivity contribution is 0.0590. The van der Waals surface area contributed by atoms with Gasteiger partial charge < -0.3 is 15.6 Å². The Kier molecular flexibility index (Phi) is 3.03. The van der Waals surface area contributed by atoms with Crippen molar-refractivity contribution in [1.29, 1.82) is 0 Å². The molecule has 1 heterocycles. The number of carbonyl (C=O) groups excluding carboxylic acids is 1. The normalized spacial score (nSPS) is 10.4. The van der Waals surface area contributed by atoms with Gasteiger partial charge in [0.05, 0.1) is 18.4 Å². The molecule has 0 aliphatic rings. The predicted octanol–water partition coefficient (Wildman–Crippen LogP) is 1.09. The summed E-state index contributed by atoms with van der Waals surface area (Å²) in [5.74, 6) is -1.74. The van der Waals surface area contributed by atoms with Crippen LogP contribution in [0.4, 0.5) is 14.5 Å². The van der Waals surface area contributed by atoms with Crippen molar-refractivity contribution >= 4 is 11.7 Å². The number of nitrogen functional groups attached to an aromatic ring is 1. The maximum Gasteiger partial charge on any atom is 0.360 e. The summed E-state index contributed by atoms with van der Waals surface area (Å²) in [6.45, 7) is 0. The van der Waals surface area contributed by atoms with Crippen molar-refractivity contribution in [2.45, 2.75) is 6.43 Å². The average molecular weight is 218 g/mol. The number of nitrogens with zero attached hydrogens (tertiary/aromatic N) is 1. The minimum Gasteiger partial charge on any atom is -0.504 e. The third-order valence-corrected chi connectivity index (χ3v) is 1.74. The van der Waals surface area contributed by atoms with Crippen LogP contribution in [0.15, 0.2) is 6.20 Å². The Morgan fingerprint density at radius 1 is 1.67 bits per heavy atom. The first-order chi connectivity index (χ1) is 6.99. The van der Waals surface area contributed by atoms with E-state index in [-0.39, 0.29) is 0 Å². The number of pyridine rings is 1. The summed E-state index contributed by atoms with van der Waals surface area (Å²) < 4.78 is 28.8. The van der Waals surface area contributed by atoms with Gasteiger partial charge >= 0.3 is 5.97 Å². The van der Waals surface area contributed by atoms with Gasteiger partial charge in [0.15, 0.2) is 11.4 Å². The van der Waals surface area contributed by atoms with Gasteiger partial charge in [-0.1, -0.05) is 0 Å². The van der Waals surface area contributed by atoms with Gasteiger partial charge in [0.2, 0.25) is 0 Å². The summed E-state index contributed by atoms with van der Waals surface area (Å²) in [4.78, 5) is 14.3. The van der Waals surface area contributed by atoms with Crippen LogP contribution < -0.4 is 5.73 Å². The van der Waals surface area contributed by atoms with Crippen LogP contribution in [0.25, 0.3) is 0 Å². The maximum atomic E-state index is 12.3. The summed E-state index contributed by atoms with van der Waals surface area (Å²) in [7, 11) is 1.07. The molecule has 1 rings (SSSR count). The number of hydrogen-bond donors (Lipinski definition) is 2. The van der Waals surface area contributed by atoms with Crippen molar-refractivity contribution in [1.82, 2.24) is 4.98 Å². The molecule has 3 N–H and O–H groups in total. The van der Waals surface area contributed by atoms with Crippen LogP contribution in [0.2, 0.25) is 0 Å². The van der Waals surface area contributed by atoms with Crippen LogP contribution in [0.5, 0.6) is 5.75 Å². The Balaban J connectivity index is 3.27. The number of rotatable bonds is 2. The van der Waals surface area contributed by atoms with Crippen molar-refractivity contribution in [3.05, 3.63) is 17.5 Å². The fourth-order valence-electron chi connectivity index (χ4n) is 0.949. The molecule has 5 nitrogen and oxygen atoms in total. The van der Waals surface area contributed by atoms with E-state index < -0.39 is 35.1 Å². The summed E-state index contributed by atoms with van der Waals surface area (Å²) in [5.41, 5.74) is 3.52. The molecule has 7 heteroatoms. The second kappa shape index (κ2) is 4.07. The fourth-order valence-corrected chi connectivity index (χ4v) is 0.949. The number of aromatic nitrogens is 1. The molecule has 0 aliphatic heterocycles. The number of methoxy groups -OCH3 is 1. The Morgan fingerprint density at radius 2 is 2.27 bits per heavy atom. The number of anilines is 1. The Morgan fingerprint density at radius 3 is 2.73 bits per heavy atom. The maximum absolute atomic E-state index is 12.3.